The smallest absolute Gasteiger partial charge is 0.330 e. The molecule has 0 saturated carbocycles. The molecule has 9 heteroatoms. The van der Waals surface area contributed by atoms with Crippen LogP contribution in [0, 0.1) is 0 Å². The molecule has 0 radical (unpaired) electrons. The van der Waals surface area contributed by atoms with Gasteiger partial charge in [-0.2, -0.15) is 8.75 Å². The Morgan fingerprint density at radius 3 is 2.86 bits per heavy atom. The van der Waals surface area contributed by atoms with E-state index in [2.05, 4.69) is 24.1 Å². The van der Waals surface area contributed by atoms with E-state index in [4.69, 9.17) is 11.6 Å². The summed E-state index contributed by atoms with van der Waals surface area (Å²) in [5, 5.41) is 5.99. The third kappa shape index (κ3) is 3.59. The van der Waals surface area contributed by atoms with Crippen LogP contribution in [0.2, 0.25) is 5.02 Å². The molecule has 0 fully saturated rings. The van der Waals surface area contributed by atoms with Crippen LogP contribution in [-0.2, 0) is 14.3 Å². The van der Waals surface area contributed by atoms with Gasteiger partial charge in [0.25, 0.3) is 0 Å². The van der Waals surface area contributed by atoms with Crippen LogP contribution in [-0.4, -0.2) is 40.3 Å². The average molecular weight is 329 g/mol. The number of hydrogen-bond acceptors (Lipinski definition) is 7. The maximum Gasteiger partial charge on any atom is 0.330 e. The summed E-state index contributed by atoms with van der Waals surface area (Å²) in [6, 6.07) is 2.64. The summed E-state index contributed by atoms with van der Waals surface area (Å²) in [5.74, 6) is -0.871. The predicted molar refractivity (Wildman–Crippen MR) is 80.5 cm³/mol. The van der Waals surface area contributed by atoms with Gasteiger partial charge in [-0.1, -0.05) is 11.6 Å². The molecule has 2 N–H and O–H groups in total. The largest absolute Gasteiger partial charge is 0.467 e. The van der Waals surface area contributed by atoms with Gasteiger partial charge in [-0.05, 0) is 12.1 Å². The average Bonchev–Trinajstić information content (AvgIpc) is 2.92. The summed E-state index contributed by atoms with van der Waals surface area (Å²) in [6.45, 7) is 1.45. The van der Waals surface area contributed by atoms with Crippen LogP contribution in [0.25, 0.3) is 11.0 Å². The molecule has 2 aromatic rings. The Balaban J connectivity index is 2.19. The third-order valence-corrected chi connectivity index (χ3v) is 3.58. The standard InChI is InChI=1S/C12H13ClN4O3S/c1-6(18)15-9(12(19)20-2)5-14-10-7(13)3-4-8-11(10)17-21-16-8/h3-4,9,14H,5H2,1-2H3,(H,15,18). The number of anilines is 1. The summed E-state index contributed by atoms with van der Waals surface area (Å²) in [4.78, 5) is 22.8. The maximum absolute atomic E-state index is 11.6. The van der Waals surface area contributed by atoms with E-state index in [0.717, 1.165) is 11.7 Å². The van der Waals surface area contributed by atoms with Crippen molar-refractivity contribution in [2.24, 2.45) is 0 Å². The fraction of sp³-hybridized carbons (Fsp3) is 0.333. The lowest BCUT2D eigenvalue weighted by Crippen LogP contribution is -2.45. The highest BCUT2D eigenvalue weighted by Crippen LogP contribution is 2.29. The minimum atomic E-state index is -0.814. The van der Waals surface area contributed by atoms with Crippen molar-refractivity contribution < 1.29 is 14.3 Å². The number of nitrogens with one attached hydrogen (secondary N) is 2. The van der Waals surface area contributed by atoms with Gasteiger partial charge in [0.1, 0.15) is 17.1 Å². The zero-order valence-corrected chi connectivity index (χ0v) is 12.9. The summed E-state index contributed by atoms with van der Waals surface area (Å²) < 4.78 is 12.9. The van der Waals surface area contributed by atoms with Gasteiger partial charge in [-0.15, -0.1) is 0 Å². The molecule has 112 valence electrons. The van der Waals surface area contributed by atoms with Crippen molar-refractivity contribution in [3.8, 4) is 0 Å². The highest BCUT2D eigenvalue weighted by Gasteiger charge is 2.21. The molecule has 0 aliphatic rings. The van der Waals surface area contributed by atoms with Crippen molar-refractivity contribution in [1.82, 2.24) is 14.1 Å². The zero-order valence-electron chi connectivity index (χ0n) is 11.3. The second kappa shape index (κ2) is 6.68. The number of nitrogens with zero attached hydrogens (tertiary/aromatic N) is 2. The molecule has 0 bridgehead atoms. The second-order valence-corrected chi connectivity index (χ2v) is 5.15. The van der Waals surface area contributed by atoms with Gasteiger partial charge in [0.2, 0.25) is 5.91 Å². The molecule has 0 aliphatic heterocycles. The lowest BCUT2D eigenvalue weighted by molar-refractivity contribution is -0.144. The molecule has 21 heavy (non-hydrogen) atoms. The molecular formula is C12H13ClN4O3S. The van der Waals surface area contributed by atoms with Gasteiger partial charge in [0.15, 0.2) is 0 Å². The molecule has 0 saturated heterocycles. The summed E-state index contributed by atoms with van der Waals surface area (Å²) in [5.41, 5.74) is 1.90. The van der Waals surface area contributed by atoms with E-state index in [0.29, 0.717) is 21.7 Å². The number of carbonyl (C=O) groups is 2. The quantitative estimate of drug-likeness (QED) is 0.807. The van der Waals surface area contributed by atoms with Crippen molar-refractivity contribution in [2.45, 2.75) is 13.0 Å². The van der Waals surface area contributed by atoms with Crippen LogP contribution in [0.4, 0.5) is 5.69 Å². The molecule has 1 heterocycles. The number of aromatic nitrogens is 2. The fourth-order valence-corrected chi connectivity index (χ4v) is 2.54. The Labute approximate surface area is 130 Å². The number of methoxy groups -OCH3 is 1. The number of esters is 1. The van der Waals surface area contributed by atoms with Crippen LogP contribution >= 0.6 is 23.3 Å². The predicted octanol–water partition coefficient (Wildman–Crippen LogP) is 1.43. The molecule has 1 atom stereocenters. The molecule has 0 aliphatic carbocycles. The first kappa shape index (κ1) is 15.5. The first-order valence-electron chi connectivity index (χ1n) is 6.02. The first-order valence-corrected chi connectivity index (χ1v) is 7.13. The minimum Gasteiger partial charge on any atom is -0.467 e. The van der Waals surface area contributed by atoms with Crippen LogP contribution < -0.4 is 10.6 Å². The van der Waals surface area contributed by atoms with E-state index in [1.807, 2.05) is 0 Å². The number of hydrogen-bond donors (Lipinski definition) is 2. The van der Waals surface area contributed by atoms with Crippen LogP contribution in [0.1, 0.15) is 6.92 Å². The summed E-state index contributed by atoms with van der Waals surface area (Å²) >= 11 is 7.21. The Morgan fingerprint density at radius 2 is 2.19 bits per heavy atom. The molecule has 1 amide bonds. The topological polar surface area (TPSA) is 93.2 Å². The highest BCUT2D eigenvalue weighted by atomic mass is 35.5. The first-order chi connectivity index (χ1) is 10.0. The van der Waals surface area contributed by atoms with E-state index >= 15 is 0 Å². The monoisotopic (exact) mass is 328 g/mol. The molecule has 2 rings (SSSR count). The van der Waals surface area contributed by atoms with Crippen LogP contribution in [0.15, 0.2) is 12.1 Å². The van der Waals surface area contributed by atoms with E-state index < -0.39 is 12.0 Å². The molecule has 1 aromatic carbocycles. The molecular weight excluding hydrogens is 316 g/mol. The summed E-state index contributed by atoms with van der Waals surface area (Å²) in [7, 11) is 1.26. The van der Waals surface area contributed by atoms with E-state index in [9.17, 15) is 9.59 Å². The Hall–Kier alpha value is -1.93. The number of benzene rings is 1. The summed E-state index contributed by atoms with van der Waals surface area (Å²) in [6.07, 6.45) is 0. The third-order valence-electron chi connectivity index (χ3n) is 2.72. The normalized spacial score (nSPS) is 12.0. The van der Waals surface area contributed by atoms with Gasteiger partial charge in [-0.25, -0.2) is 4.79 Å². The molecule has 7 nitrogen and oxygen atoms in total. The second-order valence-electron chi connectivity index (χ2n) is 4.21. The van der Waals surface area contributed by atoms with Gasteiger partial charge < -0.3 is 15.4 Å². The van der Waals surface area contributed by atoms with Crippen LogP contribution in [0.3, 0.4) is 0 Å². The van der Waals surface area contributed by atoms with Crippen LogP contribution in [0.5, 0.6) is 0 Å². The Bertz CT molecular complexity index is 676. The van der Waals surface area contributed by atoms with Gasteiger partial charge in [0.05, 0.1) is 29.5 Å². The van der Waals surface area contributed by atoms with Gasteiger partial charge in [-0.3, -0.25) is 4.79 Å². The maximum atomic E-state index is 11.6. The lowest BCUT2D eigenvalue weighted by Gasteiger charge is -2.17. The Kier molecular flexibility index (Phi) is 4.92. The minimum absolute atomic E-state index is 0.128. The lowest BCUT2D eigenvalue weighted by atomic mass is 10.2. The van der Waals surface area contributed by atoms with Crippen molar-refractivity contribution in [2.75, 3.05) is 19.0 Å². The van der Waals surface area contributed by atoms with E-state index in [1.54, 1.807) is 12.1 Å². The number of ether oxygens (including phenoxy) is 1. The molecule has 1 unspecified atom stereocenters. The Morgan fingerprint density at radius 1 is 1.43 bits per heavy atom. The highest BCUT2D eigenvalue weighted by molar-refractivity contribution is 7.00. The molecule has 0 spiro atoms. The zero-order chi connectivity index (χ0) is 15.4. The van der Waals surface area contributed by atoms with Crippen molar-refractivity contribution in [3.05, 3.63) is 17.2 Å². The number of carbonyl (C=O) groups excluding carboxylic acids is 2. The van der Waals surface area contributed by atoms with Crippen molar-refractivity contribution in [3.63, 3.8) is 0 Å². The molecule has 1 aromatic heterocycles. The van der Waals surface area contributed by atoms with Gasteiger partial charge in [0, 0.05) is 13.5 Å². The van der Waals surface area contributed by atoms with Crippen molar-refractivity contribution in [1.29, 1.82) is 0 Å². The number of halogens is 1. The van der Waals surface area contributed by atoms with E-state index in [-0.39, 0.29) is 12.5 Å². The van der Waals surface area contributed by atoms with Crippen molar-refractivity contribution >= 4 is 51.9 Å². The van der Waals surface area contributed by atoms with Gasteiger partial charge >= 0.3 is 5.97 Å². The van der Waals surface area contributed by atoms with E-state index in [1.165, 1.54) is 14.0 Å². The number of fused-ring (bicyclic) bond motifs is 1. The SMILES string of the molecule is COC(=O)C(CNc1c(Cl)ccc2nsnc12)NC(C)=O. The fourth-order valence-electron chi connectivity index (χ4n) is 1.78. The number of amides is 1. The number of rotatable bonds is 5.